The number of hydrogen-bond acceptors (Lipinski definition) is 4. The Morgan fingerprint density at radius 2 is 2.09 bits per heavy atom. The number of rotatable bonds is 10. The highest BCUT2D eigenvalue weighted by Gasteiger charge is 2.33. The summed E-state index contributed by atoms with van der Waals surface area (Å²) < 4.78 is 6.39. The van der Waals surface area contributed by atoms with Gasteiger partial charge in [0.2, 0.25) is 0 Å². The summed E-state index contributed by atoms with van der Waals surface area (Å²) in [4.78, 5) is 6.78. The van der Waals surface area contributed by atoms with E-state index in [-0.39, 0.29) is 11.8 Å². The molecule has 3 rings (SSSR count). The van der Waals surface area contributed by atoms with Crippen molar-refractivity contribution in [3.05, 3.63) is 47.1 Å². The zero-order valence-electron chi connectivity index (χ0n) is 21.3. The van der Waals surface area contributed by atoms with Gasteiger partial charge in [-0.15, -0.1) is 0 Å². The molecule has 1 aromatic carbocycles. The van der Waals surface area contributed by atoms with E-state index in [2.05, 4.69) is 61.6 Å². The fourth-order valence-corrected chi connectivity index (χ4v) is 4.99. The van der Waals surface area contributed by atoms with E-state index in [1.807, 2.05) is 6.07 Å². The van der Waals surface area contributed by atoms with Crippen molar-refractivity contribution in [1.29, 1.82) is 0 Å². The maximum absolute atomic E-state index is 11.2. The second-order valence-electron chi connectivity index (χ2n) is 9.77. The number of aryl methyl sites for hydroxylation is 1. The first-order valence-corrected chi connectivity index (χ1v) is 12.7. The van der Waals surface area contributed by atoms with Crippen LogP contribution in [0.15, 0.2) is 40.9 Å². The molecule has 0 spiro atoms. The highest BCUT2D eigenvalue weighted by molar-refractivity contribution is 5.77. The molecule has 5 heteroatoms. The number of likely N-dealkylation sites (N-methyl/N-ethyl adjacent to an activating group) is 1. The van der Waals surface area contributed by atoms with Gasteiger partial charge < -0.3 is 15.2 Å². The van der Waals surface area contributed by atoms with E-state index in [0.717, 1.165) is 62.0 Å². The maximum Gasteiger partial charge on any atom is 0.289 e. The first-order chi connectivity index (χ1) is 15.9. The standard InChI is InChI=1S/C28H43N3O2/c1-7-9-10-11-21-15-25(32)27(24-14-20(5)12-13-23(24)19(3)4)26(16-21)33-28(29-6)30-17-22-18-31(22)8-2/h14-16,22-24,32H,3,7-13,17-18H2,1-2,4-6H3,(H,29,30)/t22?,23-,24+,31?/m0/s1. The molecular weight excluding hydrogens is 410 g/mol. The number of ether oxygens (including phenoxy) is 1. The molecular formula is C28H43N3O2. The Bertz CT molecular complexity index is 889. The van der Waals surface area contributed by atoms with Crippen LogP contribution in [0.3, 0.4) is 0 Å². The van der Waals surface area contributed by atoms with E-state index in [1.165, 1.54) is 18.4 Å². The van der Waals surface area contributed by atoms with Crippen LogP contribution >= 0.6 is 0 Å². The molecule has 1 aromatic rings. The van der Waals surface area contributed by atoms with Crippen molar-refractivity contribution in [3.63, 3.8) is 0 Å². The van der Waals surface area contributed by atoms with Gasteiger partial charge in [-0.2, -0.15) is 0 Å². The SMILES string of the molecule is C=C(C)[C@@H]1CCC(C)=C[C@H]1c1c(O)cc(CCCCC)cc1OC(=NC)NCC1CN1CC. The molecule has 1 heterocycles. The van der Waals surface area contributed by atoms with E-state index < -0.39 is 0 Å². The van der Waals surface area contributed by atoms with Gasteiger partial charge in [0.05, 0.1) is 0 Å². The molecule has 1 aliphatic heterocycles. The molecule has 1 aliphatic carbocycles. The van der Waals surface area contributed by atoms with Gasteiger partial charge in [0.1, 0.15) is 11.5 Å². The van der Waals surface area contributed by atoms with Crippen molar-refractivity contribution in [1.82, 2.24) is 10.2 Å². The fraction of sp³-hybridized carbons (Fsp3) is 0.607. The van der Waals surface area contributed by atoms with Crippen LogP contribution in [0.1, 0.15) is 76.8 Å². The number of allylic oxidation sites excluding steroid dienone is 3. The Labute approximate surface area is 200 Å². The van der Waals surface area contributed by atoms with Crippen molar-refractivity contribution in [2.75, 3.05) is 26.7 Å². The molecule has 182 valence electrons. The van der Waals surface area contributed by atoms with Gasteiger partial charge in [0, 0.05) is 37.7 Å². The Morgan fingerprint density at radius 3 is 2.73 bits per heavy atom. The number of benzene rings is 1. The van der Waals surface area contributed by atoms with Crippen LogP contribution in [0, 0.1) is 5.92 Å². The number of aromatic hydroxyl groups is 1. The molecule has 33 heavy (non-hydrogen) atoms. The minimum atomic E-state index is 0.0491. The number of unbranched alkanes of at least 4 members (excludes halogenated alkanes) is 2. The number of phenols is 1. The Kier molecular flexibility index (Phi) is 9.02. The van der Waals surface area contributed by atoms with Crippen molar-refractivity contribution < 1.29 is 9.84 Å². The van der Waals surface area contributed by atoms with E-state index in [0.29, 0.717) is 23.6 Å². The summed E-state index contributed by atoms with van der Waals surface area (Å²) >= 11 is 0. The number of nitrogens with zero attached hydrogens (tertiary/aromatic N) is 2. The average molecular weight is 454 g/mol. The average Bonchev–Trinajstić information content (AvgIpc) is 3.55. The van der Waals surface area contributed by atoms with Crippen LogP contribution < -0.4 is 10.1 Å². The minimum absolute atomic E-state index is 0.0491. The zero-order chi connectivity index (χ0) is 24.0. The Morgan fingerprint density at radius 1 is 1.30 bits per heavy atom. The normalized spacial score (nSPS) is 24.9. The van der Waals surface area contributed by atoms with Crippen LogP contribution in [0.4, 0.5) is 0 Å². The smallest absolute Gasteiger partial charge is 0.289 e. The van der Waals surface area contributed by atoms with E-state index in [4.69, 9.17) is 4.74 Å². The summed E-state index contributed by atoms with van der Waals surface area (Å²) in [7, 11) is 1.75. The van der Waals surface area contributed by atoms with E-state index >= 15 is 0 Å². The Hall–Kier alpha value is -2.27. The Balaban J connectivity index is 1.92. The van der Waals surface area contributed by atoms with Crippen molar-refractivity contribution >= 4 is 6.02 Å². The van der Waals surface area contributed by atoms with Gasteiger partial charge in [0.15, 0.2) is 0 Å². The number of amidine groups is 1. The van der Waals surface area contributed by atoms with Crippen LogP contribution in [0.25, 0.3) is 0 Å². The second kappa shape index (κ2) is 11.7. The summed E-state index contributed by atoms with van der Waals surface area (Å²) in [5.41, 5.74) is 4.46. The number of nitrogens with one attached hydrogen (secondary N) is 1. The second-order valence-corrected chi connectivity index (χ2v) is 9.77. The number of hydrogen-bond donors (Lipinski definition) is 2. The third-order valence-corrected chi connectivity index (χ3v) is 7.10. The fourth-order valence-electron chi connectivity index (χ4n) is 4.99. The predicted octanol–water partition coefficient (Wildman–Crippen LogP) is 5.80. The lowest BCUT2D eigenvalue weighted by Crippen LogP contribution is -2.33. The summed E-state index contributed by atoms with van der Waals surface area (Å²) in [6.07, 6.45) is 8.79. The molecule has 0 bridgehead atoms. The summed E-state index contributed by atoms with van der Waals surface area (Å²) in [6.45, 7) is 15.9. The van der Waals surface area contributed by atoms with Crippen LogP contribution in [0.5, 0.6) is 11.5 Å². The molecule has 0 aromatic heterocycles. The maximum atomic E-state index is 11.2. The molecule has 0 saturated carbocycles. The largest absolute Gasteiger partial charge is 0.507 e. The van der Waals surface area contributed by atoms with Crippen molar-refractivity contribution in [2.45, 2.75) is 78.2 Å². The molecule has 2 N–H and O–H groups in total. The summed E-state index contributed by atoms with van der Waals surface area (Å²) in [6, 6.07) is 5.10. The van der Waals surface area contributed by atoms with Crippen LogP contribution in [-0.2, 0) is 6.42 Å². The van der Waals surface area contributed by atoms with Crippen LogP contribution in [-0.4, -0.2) is 48.8 Å². The quantitative estimate of drug-likeness (QED) is 0.155. The zero-order valence-corrected chi connectivity index (χ0v) is 21.3. The van der Waals surface area contributed by atoms with Gasteiger partial charge in [-0.05, 0) is 69.7 Å². The monoisotopic (exact) mass is 453 g/mol. The van der Waals surface area contributed by atoms with Gasteiger partial charge in [-0.1, -0.05) is 50.5 Å². The predicted molar refractivity (Wildman–Crippen MR) is 138 cm³/mol. The molecule has 2 aliphatic rings. The van der Waals surface area contributed by atoms with Gasteiger partial charge in [-0.3, -0.25) is 4.90 Å². The molecule has 2 unspecified atom stereocenters. The lowest BCUT2D eigenvalue weighted by molar-refractivity contribution is 0.417. The summed E-state index contributed by atoms with van der Waals surface area (Å²) in [5, 5.41) is 14.6. The first-order valence-electron chi connectivity index (χ1n) is 12.7. The molecule has 1 fully saturated rings. The highest BCUT2D eigenvalue weighted by atomic mass is 16.5. The minimum Gasteiger partial charge on any atom is -0.507 e. The van der Waals surface area contributed by atoms with Gasteiger partial charge >= 0.3 is 0 Å². The first kappa shape index (κ1) is 25.4. The molecule has 4 atom stereocenters. The third-order valence-electron chi connectivity index (χ3n) is 7.10. The summed E-state index contributed by atoms with van der Waals surface area (Å²) in [5.74, 6) is 1.36. The van der Waals surface area contributed by atoms with Crippen molar-refractivity contribution in [3.8, 4) is 11.5 Å². The third kappa shape index (κ3) is 6.63. The lowest BCUT2D eigenvalue weighted by Gasteiger charge is -2.32. The number of phenolic OH excluding ortho intramolecular Hbond substituents is 1. The molecule has 0 amide bonds. The van der Waals surface area contributed by atoms with Crippen LogP contribution in [0.2, 0.25) is 0 Å². The van der Waals surface area contributed by atoms with E-state index in [1.54, 1.807) is 7.05 Å². The highest BCUT2D eigenvalue weighted by Crippen LogP contribution is 2.47. The molecule has 0 radical (unpaired) electrons. The van der Waals surface area contributed by atoms with Gasteiger partial charge in [-0.25, -0.2) is 4.99 Å². The van der Waals surface area contributed by atoms with Gasteiger partial charge in [0.25, 0.3) is 6.02 Å². The lowest BCUT2D eigenvalue weighted by atomic mass is 9.73. The number of aliphatic imine (C=N–C) groups is 1. The molecule has 5 nitrogen and oxygen atoms in total. The van der Waals surface area contributed by atoms with Crippen molar-refractivity contribution in [2.24, 2.45) is 10.9 Å². The van der Waals surface area contributed by atoms with E-state index in [9.17, 15) is 5.11 Å². The topological polar surface area (TPSA) is 56.9 Å². The molecule has 1 saturated heterocycles.